The monoisotopic (exact) mass is 344 g/mol. The zero-order chi connectivity index (χ0) is 18.5. The molecule has 0 aliphatic rings. The number of Topliss-reactive ketones (excluding diaryl/α,β-unsaturated/α-hetero) is 1. The summed E-state index contributed by atoms with van der Waals surface area (Å²) < 4.78 is 7.72. The summed E-state index contributed by atoms with van der Waals surface area (Å²) in [5.41, 5.74) is 4.44. The Hall–Kier alpha value is -3.32. The van der Waals surface area contributed by atoms with Crippen LogP contribution in [0.1, 0.15) is 32.9 Å². The maximum absolute atomic E-state index is 12.6. The minimum absolute atomic E-state index is 0.0263. The van der Waals surface area contributed by atoms with Crippen LogP contribution in [0, 0.1) is 25.2 Å². The Bertz CT molecular complexity index is 948. The zero-order valence-electron chi connectivity index (χ0n) is 14.9. The van der Waals surface area contributed by atoms with Crippen molar-refractivity contribution in [2.75, 3.05) is 6.61 Å². The molecule has 0 N–H and O–H groups in total. The van der Waals surface area contributed by atoms with Gasteiger partial charge in [0, 0.05) is 23.5 Å². The summed E-state index contributed by atoms with van der Waals surface area (Å²) in [6.45, 7) is 4.68. The Morgan fingerprint density at radius 2 is 1.77 bits per heavy atom. The van der Waals surface area contributed by atoms with E-state index in [9.17, 15) is 4.79 Å². The number of ether oxygens (including phenoxy) is 1. The molecule has 26 heavy (non-hydrogen) atoms. The van der Waals surface area contributed by atoms with Gasteiger partial charge in [0.25, 0.3) is 0 Å². The molecule has 3 aromatic rings. The van der Waals surface area contributed by atoms with Gasteiger partial charge < -0.3 is 9.30 Å². The molecule has 0 atom stereocenters. The molecule has 0 aliphatic carbocycles. The van der Waals surface area contributed by atoms with Crippen LogP contribution in [0.3, 0.4) is 0 Å². The van der Waals surface area contributed by atoms with Gasteiger partial charge in [-0.15, -0.1) is 0 Å². The first-order valence-electron chi connectivity index (χ1n) is 8.45. The van der Waals surface area contributed by atoms with Crippen molar-refractivity contribution in [3.63, 3.8) is 0 Å². The Balaban J connectivity index is 1.71. The van der Waals surface area contributed by atoms with Crippen LogP contribution in [0.5, 0.6) is 5.75 Å². The van der Waals surface area contributed by atoms with E-state index < -0.39 is 0 Å². The molecule has 0 saturated heterocycles. The minimum Gasteiger partial charge on any atom is -0.485 e. The lowest BCUT2D eigenvalue weighted by molar-refractivity contribution is 0.0921. The summed E-state index contributed by atoms with van der Waals surface area (Å²) in [6, 6.07) is 20.9. The second kappa shape index (κ2) is 7.71. The quantitative estimate of drug-likeness (QED) is 0.627. The van der Waals surface area contributed by atoms with Crippen molar-refractivity contribution in [1.29, 1.82) is 5.26 Å². The first-order valence-corrected chi connectivity index (χ1v) is 8.45. The van der Waals surface area contributed by atoms with Crippen molar-refractivity contribution in [2.24, 2.45) is 0 Å². The van der Waals surface area contributed by atoms with Crippen molar-refractivity contribution >= 4 is 5.78 Å². The molecule has 0 fully saturated rings. The molecular weight excluding hydrogens is 324 g/mol. The van der Waals surface area contributed by atoms with Gasteiger partial charge >= 0.3 is 0 Å². The van der Waals surface area contributed by atoms with E-state index in [0.717, 1.165) is 17.9 Å². The number of aryl methyl sites for hydroxylation is 1. The van der Waals surface area contributed by atoms with Crippen LogP contribution < -0.4 is 4.74 Å². The van der Waals surface area contributed by atoms with Gasteiger partial charge in [-0.2, -0.15) is 5.26 Å². The maximum Gasteiger partial charge on any atom is 0.202 e. The van der Waals surface area contributed by atoms with Crippen molar-refractivity contribution in [3.05, 3.63) is 88.7 Å². The second-order valence-electron chi connectivity index (χ2n) is 6.20. The van der Waals surface area contributed by atoms with E-state index in [1.54, 1.807) is 24.3 Å². The Kier molecular flexibility index (Phi) is 5.19. The number of hydrogen-bond acceptors (Lipinski definition) is 3. The smallest absolute Gasteiger partial charge is 0.202 e. The topological polar surface area (TPSA) is 55.0 Å². The second-order valence-corrected chi connectivity index (χ2v) is 6.20. The first kappa shape index (κ1) is 17.5. The number of carbonyl (C=O) groups is 1. The van der Waals surface area contributed by atoms with Gasteiger partial charge in [-0.25, -0.2) is 0 Å². The van der Waals surface area contributed by atoms with Crippen LogP contribution in [0.25, 0.3) is 0 Å². The number of carbonyl (C=O) groups excluding carboxylic acids is 1. The Morgan fingerprint density at radius 3 is 2.42 bits per heavy atom. The van der Waals surface area contributed by atoms with Crippen molar-refractivity contribution in [2.45, 2.75) is 20.4 Å². The number of hydrogen-bond donors (Lipinski definition) is 0. The molecule has 1 heterocycles. The molecule has 0 saturated carbocycles. The van der Waals surface area contributed by atoms with E-state index in [0.29, 0.717) is 16.9 Å². The Labute approximate surface area is 153 Å². The molecule has 2 aromatic carbocycles. The molecule has 0 unspecified atom stereocenters. The summed E-state index contributed by atoms with van der Waals surface area (Å²) in [5.74, 6) is 0.525. The molecular formula is C22H20N2O2. The lowest BCUT2D eigenvalue weighted by Crippen LogP contribution is -2.13. The number of ketones is 1. The molecule has 0 aliphatic heterocycles. The number of nitriles is 1. The predicted octanol–water partition coefficient (Wildman–Crippen LogP) is 4.29. The molecule has 0 spiro atoms. The molecule has 1 aromatic heterocycles. The lowest BCUT2D eigenvalue weighted by atomic mass is 10.1. The van der Waals surface area contributed by atoms with Gasteiger partial charge in [0.1, 0.15) is 5.75 Å². The van der Waals surface area contributed by atoms with E-state index in [1.165, 1.54) is 5.56 Å². The SMILES string of the molecule is Cc1cc(C(=O)COc2ccc(C#N)cc2)c(C)n1Cc1ccccc1. The third-order valence-corrected chi connectivity index (χ3v) is 4.41. The van der Waals surface area contributed by atoms with Crippen LogP contribution in [-0.2, 0) is 6.54 Å². The fourth-order valence-corrected chi connectivity index (χ4v) is 2.95. The highest BCUT2D eigenvalue weighted by molar-refractivity contribution is 5.98. The molecule has 0 radical (unpaired) electrons. The van der Waals surface area contributed by atoms with Crippen LogP contribution in [0.15, 0.2) is 60.7 Å². The summed E-state index contributed by atoms with van der Waals surface area (Å²) in [4.78, 5) is 12.6. The summed E-state index contributed by atoms with van der Waals surface area (Å²) in [7, 11) is 0. The third-order valence-electron chi connectivity index (χ3n) is 4.41. The molecule has 0 bridgehead atoms. The predicted molar refractivity (Wildman–Crippen MR) is 100 cm³/mol. The third kappa shape index (κ3) is 3.84. The Morgan fingerprint density at radius 1 is 1.08 bits per heavy atom. The van der Waals surface area contributed by atoms with Crippen molar-refractivity contribution in [1.82, 2.24) is 4.57 Å². The van der Waals surface area contributed by atoms with Crippen LogP contribution >= 0.6 is 0 Å². The van der Waals surface area contributed by atoms with Crippen LogP contribution in [0.2, 0.25) is 0 Å². The highest BCUT2D eigenvalue weighted by Gasteiger charge is 2.16. The molecule has 130 valence electrons. The summed E-state index contributed by atoms with van der Waals surface area (Å²) >= 11 is 0. The first-order chi connectivity index (χ1) is 12.6. The van der Waals surface area contributed by atoms with E-state index in [1.807, 2.05) is 38.1 Å². The van der Waals surface area contributed by atoms with Gasteiger partial charge in [0.2, 0.25) is 5.78 Å². The van der Waals surface area contributed by atoms with Gasteiger partial charge in [-0.1, -0.05) is 30.3 Å². The zero-order valence-corrected chi connectivity index (χ0v) is 14.9. The largest absolute Gasteiger partial charge is 0.485 e. The average molecular weight is 344 g/mol. The van der Waals surface area contributed by atoms with E-state index >= 15 is 0 Å². The van der Waals surface area contributed by atoms with Gasteiger partial charge in [0.15, 0.2) is 6.61 Å². The van der Waals surface area contributed by atoms with Gasteiger partial charge in [-0.05, 0) is 49.7 Å². The van der Waals surface area contributed by atoms with Crippen LogP contribution in [0.4, 0.5) is 0 Å². The lowest BCUT2D eigenvalue weighted by Gasteiger charge is -2.10. The maximum atomic E-state index is 12.6. The number of aromatic nitrogens is 1. The highest BCUT2D eigenvalue weighted by Crippen LogP contribution is 2.19. The normalized spacial score (nSPS) is 10.3. The number of benzene rings is 2. The average Bonchev–Trinajstić information content (AvgIpc) is 2.95. The minimum atomic E-state index is -0.0539. The van der Waals surface area contributed by atoms with Crippen molar-refractivity contribution < 1.29 is 9.53 Å². The molecule has 0 amide bonds. The fraction of sp³-hybridized carbons (Fsp3) is 0.182. The molecule has 4 nitrogen and oxygen atoms in total. The molecule has 4 heteroatoms. The summed E-state index contributed by atoms with van der Waals surface area (Å²) in [5, 5.41) is 8.81. The summed E-state index contributed by atoms with van der Waals surface area (Å²) in [6.07, 6.45) is 0. The fourth-order valence-electron chi connectivity index (χ4n) is 2.95. The number of nitrogens with zero attached hydrogens (tertiary/aromatic N) is 2. The van der Waals surface area contributed by atoms with E-state index in [2.05, 4.69) is 22.8 Å². The number of rotatable bonds is 6. The molecule has 3 rings (SSSR count). The van der Waals surface area contributed by atoms with Gasteiger partial charge in [0.05, 0.1) is 11.6 Å². The van der Waals surface area contributed by atoms with Gasteiger partial charge in [-0.3, -0.25) is 4.79 Å². The highest BCUT2D eigenvalue weighted by atomic mass is 16.5. The van der Waals surface area contributed by atoms with E-state index in [-0.39, 0.29) is 12.4 Å². The van der Waals surface area contributed by atoms with Crippen molar-refractivity contribution in [3.8, 4) is 11.8 Å². The van der Waals surface area contributed by atoms with Crippen LogP contribution in [-0.4, -0.2) is 17.0 Å². The standard InChI is InChI=1S/C22H20N2O2/c1-16-12-21(17(2)24(16)14-19-6-4-3-5-7-19)22(25)15-26-20-10-8-18(13-23)9-11-20/h3-12H,14-15H2,1-2H3. The van der Waals surface area contributed by atoms with E-state index in [4.69, 9.17) is 10.00 Å².